The van der Waals surface area contributed by atoms with Gasteiger partial charge in [0.15, 0.2) is 5.76 Å². The minimum atomic E-state index is -0.717. The van der Waals surface area contributed by atoms with Gasteiger partial charge in [0.25, 0.3) is 0 Å². The minimum Gasteiger partial charge on any atom is -0.508 e. The molecule has 5 nitrogen and oxygen atoms in total. The van der Waals surface area contributed by atoms with Crippen LogP contribution in [0.3, 0.4) is 0 Å². The molecule has 1 aromatic carbocycles. The summed E-state index contributed by atoms with van der Waals surface area (Å²) in [7, 11) is 0. The van der Waals surface area contributed by atoms with Crippen LogP contribution in [0.1, 0.15) is 0 Å². The monoisotopic (exact) mass is 193 g/mol. The summed E-state index contributed by atoms with van der Waals surface area (Å²) in [6, 6.07) is 5.92. The zero-order chi connectivity index (χ0) is 10.1. The molecule has 14 heavy (non-hydrogen) atoms. The topological polar surface area (TPSA) is 86.5 Å². The van der Waals surface area contributed by atoms with Gasteiger partial charge in [0.05, 0.1) is 0 Å². The third-order valence-corrected chi connectivity index (χ3v) is 1.76. The van der Waals surface area contributed by atoms with Gasteiger partial charge in [-0.3, -0.25) is 4.98 Å². The van der Waals surface area contributed by atoms with E-state index in [-0.39, 0.29) is 17.4 Å². The molecule has 0 atom stereocenters. The van der Waals surface area contributed by atoms with Crippen LogP contribution in [0, 0.1) is 0 Å². The molecule has 0 radical (unpaired) electrons. The van der Waals surface area contributed by atoms with Crippen LogP contribution in [-0.2, 0) is 0 Å². The molecule has 5 heteroatoms. The Morgan fingerprint density at radius 2 is 1.79 bits per heavy atom. The van der Waals surface area contributed by atoms with Gasteiger partial charge in [0, 0.05) is 5.56 Å². The van der Waals surface area contributed by atoms with Gasteiger partial charge in [-0.2, -0.15) is 0 Å². The SMILES string of the molecule is O=c1[nH]c(O)c(-c2ccc(O)cc2)o1. The highest BCUT2D eigenvalue weighted by Crippen LogP contribution is 2.26. The first-order chi connectivity index (χ1) is 6.66. The molecule has 3 N–H and O–H groups in total. The molecule has 0 bridgehead atoms. The zero-order valence-electron chi connectivity index (χ0n) is 7.02. The summed E-state index contributed by atoms with van der Waals surface area (Å²) in [4.78, 5) is 12.8. The number of phenols is 1. The number of H-pyrrole nitrogens is 1. The highest BCUT2D eigenvalue weighted by molar-refractivity contribution is 5.62. The average molecular weight is 193 g/mol. The molecular weight excluding hydrogens is 186 g/mol. The van der Waals surface area contributed by atoms with Crippen LogP contribution in [0.25, 0.3) is 11.3 Å². The van der Waals surface area contributed by atoms with Crippen molar-refractivity contribution in [2.24, 2.45) is 0 Å². The second-order valence-electron chi connectivity index (χ2n) is 2.74. The second kappa shape index (κ2) is 2.95. The zero-order valence-corrected chi connectivity index (χ0v) is 7.02. The maximum absolute atomic E-state index is 10.7. The van der Waals surface area contributed by atoms with E-state index in [9.17, 15) is 9.90 Å². The van der Waals surface area contributed by atoms with Crippen LogP contribution >= 0.6 is 0 Å². The predicted molar refractivity (Wildman–Crippen MR) is 48.1 cm³/mol. The second-order valence-corrected chi connectivity index (χ2v) is 2.74. The number of rotatable bonds is 1. The third kappa shape index (κ3) is 1.35. The van der Waals surface area contributed by atoms with Crippen molar-refractivity contribution >= 4 is 0 Å². The molecule has 0 saturated carbocycles. The molecule has 0 aliphatic carbocycles. The molecule has 2 rings (SSSR count). The summed E-state index contributed by atoms with van der Waals surface area (Å²) in [5, 5.41) is 18.3. The summed E-state index contributed by atoms with van der Waals surface area (Å²) >= 11 is 0. The molecule has 0 amide bonds. The molecule has 0 unspecified atom stereocenters. The van der Waals surface area contributed by atoms with E-state index in [2.05, 4.69) is 4.98 Å². The number of hydrogen-bond acceptors (Lipinski definition) is 4. The first-order valence-electron chi connectivity index (χ1n) is 3.88. The lowest BCUT2D eigenvalue weighted by atomic mass is 10.2. The van der Waals surface area contributed by atoms with Gasteiger partial charge in [0.1, 0.15) is 5.75 Å². The summed E-state index contributed by atoms with van der Waals surface area (Å²) < 4.78 is 4.70. The van der Waals surface area contributed by atoms with Crippen LogP contribution in [0.5, 0.6) is 11.6 Å². The Labute approximate surface area is 78.3 Å². The molecule has 72 valence electrons. The van der Waals surface area contributed by atoms with E-state index in [1.807, 2.05) is 0 Å². The number of benzene rings is 1. The Balaban J connectivity index is 2.54. The van der Waals surface area contributed by atoms with E-state index in [1.54, 1.807) is 0 Å². The fraction of sp³-hybridized carbons (Fsp3) is 0. The van der Waals surface area contributed by atoms with Crippen molar-refractivity contribution in [3.8, 4) is 23.0 Å². The van der Waals surface area contributed by atoms with Gasteiger partial charge in [-0.05, 0) is 24.3 Å². The smallest absolute Gasteiger partial charge is 0.419 e. The van der Waals surface area contributed by atoms with Crippen LogP contribution in [0.2, 0.25) is 0 Å². The number of phenolic OH excluding ortho intramolecular Hbond substituents is 1. The summed E-state index contributed by atoms with van der Waals surface area (Å²) in [5.41, 5.74) is 0.513. The van der Waals surface area contributed by atoms with E-state index < -0.39 is 5.76 Å². The van der Waals surface area contributed by atoms with Crippen molar-refractivity contribution in [1.82, 2.24) is 4.98 Å². The van der Waals surface area contributed by atoms with Gasteiger partial charge >= 0.3 is 5.76 Å². The quantitative estimate of drug-likeness (QED) is 0.631. The van der Waals surface area contributed by atoms with Crippen molar-refractivity contribution in [3.05, 3.63) is 34.8 Å². The van der Waals surface area contributed by atoms with Gasteiger partial charge in [-0.25, -0.2) is 4.79 Å². The molecular formula is C9H7NO4. The van der Waals surface area contributed by atoms with E-state index in [0.717, 1.165) is 0 Å². The Kier molecular flexibility index (Phi) is 1.78. The number of aromatic nitrogens is 1. The van der Waals surface area contributed by atoms with E-state index >= 15 is 0 Å². The fourth-order valence-corrected chi connectivity index (χ4v) is 1.13. The largest absolute Gasteiger partial charge is 0.508 e. The highest BCUT2D eigenvalue weighted by Gasteiger charge is 2.10. The summed E-state index contributed by atoms with van der Waals surface area (Å²) in [6.07, 6.45) is 0. The standard InChI is InChI=1S/C9H7NO4/c11-6-3-1-5(2-4-6)7-8(12)10-9(13)14-7/h1-4,11-12H,(H,10,13). The number of hydrogen-bond donors (Lipinski definition) is 3. The average Bonchev–Trinajstić information content (AvgIpc) is 2.47. The highest BCUT2D eigenvalue weighted by atomic mass is 16.4. The number of aromatic hydroxyl groups is 2. The van der Waals surface area contributed by atoms with Gasteiger partial charge in [-0.15, -0.1) is 0 Å². The van der Waals surface area contributed by atoms with E-state index in [0.29, 0.717) is 5.56 Å². The number of aromatic amines is 1. The van der Waals surface area contributed by atoms with Crippen LogP contribution in [-0.4, -0.2) is 15.2 Å². The Morgan fingerprint density at radius 1 is 1.14 bits per heavy atom. The maximum Gasteiger partial charge on any atom is 0.419 e. The van der Waals surface area contributed by atoms with Crippen molar-refractivity contribution in [3.63, 3.8) is 0 Å². The number of oxazole rings is 1. The van der Waals surface area contributed by atoms with E-state index in [1.165, 1.54) is 24.3 Å². The molecule has 0 saturated heterocycles. The fourth-order valence-electron chi connectivity index (χ4n) is 1.13. The van der Waals surface area contributed by atoms with Crippen molar-refractivity contribution in [1.29, 1.82) is 0 Å². The van der Waals surface area contributed by atoms with E-state index in [4.69, 9.17) is 9.52 Å². The normalized spacial score (nSPS) is 10.3. The van der Waals surface area contributed by atoms with Crippen molar-refractivity contribution in [2.75, 3.05) is 0 Å². The lowest BCUT2D eigenvalue weighted by Crippen LogP contribution is -1.92. The van der Waals surface area contributed by atoms with Gasteiger partial charge < -0.3 is 14.6 Å². The maximum atomic E-state index is 10.7. The van der Waals surface area contributed by atoms with Gasteiger partial charge in [0.2, 0.25) is 5.88 Å². The molecule has 2 aromatic rings. The van der Waals surface area contributed by atoms with Crippen molar-refractivity contribution < 1.29 is 14.6 Å². The van der Waals surface area contributed by atoms with Crippen LogP contribution < -0.4 is 5.76 Å². The summed E-state index contributed by atoms with van der Waals surface area (Å²) in [5.74, 6) is -0.868. The van der Waals surface area contributed by atoms with Crippen molar-refractivity contribution in [2.45, 2.75) is 0 Å². The Bertz CT molecular complexity index is 494. The predicted octanol–water partition coefficient (Wildman–Crippen LogP) is 1.05. The molecule has 0 fully saturated rings. The molecule has 0 aliphatic heterocycles. The van der Waals surface area contributed by atoms with Crippen LogP contribution in [0.4, 0.5) is 0 Å². The molecule has 1 heterocycles. The molecule has 1 aromatic heterocycles. The first-order valence-corrected chi connectivity index (χ1v) is 3.88. The number of nitrogens with one attached hydrogen (secondary N) is 1. The molecule has 0 aliphatic rings. The Morgan fingerprint density at radius 3 is 2.29 bits per heavy atom. The van der Waals surface area contributed by atoms with Crippen LogP contribution in [0.15, 0.2) is 33.5 Å². The van der Waals surface area contributed by atoms with Gasteiger partial charge in [-0.1, -0.05) is 0 Å². The minimum absolute atomic E-state index is 0.0648. The lowest BCUT2D eigenvalue weighted by Gasteiger charge is -1.96. The molecule has 0 spiro atoms. The lowest BCUT2D eigenvalue weighted by molar-refractivity contribution is 0.452. The Hall–Kier alpha value is -2.17. The first kappa shape index (κ1) is 8.43. The third-order valence-electron chi connectivity index (χ3n) is 1.76. The summed E-state index contributed by atoms with van der Waals surface area (Å²) in [6.45, 7) is 0.